The second-order valence-electron chi connectivity index (χ2n) is 7.12. The lowest BCUT2D eigenvalue weighted by molar-refractivity contribution is 0.0788. The van der Waals surface area contributed by atoms with Gasteiger partial charge in [-0.2, -0.15) is 0 Å². The number of benzene rings is 2. The molecule has 2 aromatic carbocycles. The van der Waals surface area contributed by atoms with Gasteiger partial charge in [-0.1, -0.05) is 50.2 Å². The normalized spacial score (nSPS) is 20.1. The van der Waals surface area contributed by atoms with Crippen molar-refractivity contribution in [3.05, 3.63) is 65.7 Å². The Balaban J connectivity index is 1.70. The van der Waals surface area contributed by atoms with Gasteiger partial charge in [0.05, 0.1) is 6.61 Å². The molecule has 3 rings (SSSR count). The maximum Gasteiger partial charge on any atom is 0.254 e. The molecular weight excluding hydrogens is 312 g/mol. The second-order valence-corrected chi connectivity index (χ2v) is 7.12. The van der Waals surface area contributed by atoms with E-state index in [4.69, 9.17) is 10.5 Å². The number of carbonyl (C=O) groups excluding carboxylic acids is 1. The fourth-order valence-corrected chi connectivity index (χ4v) is 3.21. The molecular formula is C21H26N2O2. The molecule has 1 amide bonds. The molecule has 4 nitrogen and oxygen atoms in total. The molecule has 2 aromatic rings. The average Bonchev–Trinajstić information content (AvgIpc) is 3.02. The van der Waals surface area contributed by atoms with Gasteiger partial charge in [0.2, 0.25) is 0 Å². The Morgan fingerprint density at radius 3 is 2.64 bits per heavy atom. The molecule has 4 heteroatoms. The molecule has 0 radical (unpaired) electrons. The van der Waals surface area contributed by atoms with Crippen LogP contribution in [0.1, 0.15) is 35.7 Å². The van der Waals surface area contributed by atoms with Crippen LogP contribution in [-0.2, 0) is 0 Å². The van der Waals surface area contributed by atoms with Crippen LogP contribution in [0, 0.1) is 5.92 Å². The summed E-state index contributed by atoms with van der Waals surface area (Å²) in [6.07, 6.45) is 0. The summed E-state index contributed by atoms with van der Waals surface area (Å²) in [4.78, 5) is 14.7. The van der Waals surface area contributed by atoms with Gasteiger partial charge < -0.3 is 15.4 Å². The Morgan fingerprint density at radius 2 is 1.92 bits per heavy atom. The highest BCUT2D eigenvalue weighted by molar-refractivity contribution is 5.95. The molecule has 132 valence electrons. The third-order valence-electron chi connectivity index (χ3n) is 4.54. The second kappa shape index (κ2) is 7.70. The van der Waals surface area contributed by atoms with Gasteiger partial charge in [-0.25, -0.2) is 0 Å². The van der Waals surface area contributed by atoms with Crippen molar-refractivity contribution in [2.45, 2.75) is 25.8 Å². The molecule has 0 saturated carbocycles. The molecule has 25 heavy (non-hydrogen) atoms. The fraction of sp³-hybridized carbons (Fsp3) is 0.381. The van der Waals surface area contributed by atoms with Crippen molar-refractivity contribution in [3.63, 3.8) is 0 Å². The van der Waals surface area contributed by atoms with E-state index < -0.39 is 0 Å². The van der Waals surface area contributed by atoms with Crippen LogP contribution in [-0.4, -0.2) is 36.5 Å². The highest BCUT2D eigenvalue weighted by Gasteiger charge is 2.34. The molecule has 0 aromatic heterocycles. The van der Waals surface area contributed by atoms with E-state index in [-0.39, 0.29) is 17.9 Å². The summed E-state index contributed by atoms with van der Waals surface area (Å²) in [6.45, 7) is 6.08. The van der Waals surface area contributed by atoms with Crippen LogP contribution in [0.2, 0.25) is 0 Å². The van der Waals surface area contributed by atoms with E-state index in [2.05, 4.69) is 26.0 Å². The Bertz CT molecular complexity index is 715. The molecule has 1 aliphatic heterocycles. The number of hydrogen-bond donors (Lipinski definition) is 1. The topological polar surface area (TPSA) is 55.6 Å². The molecule has 2 atom stereocenters. The van der Waals surface area contributed by atoms with Gasteiger partial charge in [0, 0.05) is 30.6 Å². The molecule has 0 aliphatic carbocycles. The van der Waals surface area contributed by atoms with Crippen molar-refractivity contribution in [1.82, 2.24) is 4.90 Å². The first-order valence-corrected chi connectivity index (χ1v) is 8.87. The number of nitrogens with zero attached hydrogens (tertiary/aromatic N) is 1. The van der Waals surface area contributed by atoms with Crippen LogP contribution in [0.5, 0.6) is 5.75 Å². The van der Waals surface area contributed by atoms with E-state index in [0.29, 0.717) is 31.2 Å². The van der Waals surface area contributed by atoms with Gasteiger partial charge in [-0.05, 0) is 29.7 Å². The summed E-state index contributed by atoms with van der Waals surface area (Å²) in [6, 6.07) is 17.6. The van der Waals surface area contributed by atoms with E-state index in [1.807, 2.05) is 47.4 Å². The van der Waals surface area contributed by atoms with E-state index in [1.54, 1.807) is 0 Å². The number of amides is 1. The fourth-order valence-electron chi connectivity index (χ4n) is 3.21. The van der Waals surface area contributed by atoms with Crippen molar-refractivity contribution in [1.29, 1.82) is 0 Å². The smallest absolute Gasteiger partial charge is 0.254 e. The number of carbonyl (C=O) groups is 1. The number of rotatable bonds is 5. The molecule has 2 N–H and O–H groups in total. The quantitative estimate of drug-likeness (QED) is 0.910. The third-order valence-corrected chi connectivity index (χ3v) is 4.54. The molecule has 0 bridgehead atoms. The Morgan fingerprint density at radius 1 is 1.16 bits per heavy atom. The maximum atomic E-state index is 12.9. The number of nitrogens with two attached hydrogens (primary N) is 1. The zero-order valence-electron chi connectivity index (χ0n) is 14.9. The SMILES string of the molecule is CC(C)COc1cccc(C(=O)N2C[C@@H](N)[C@H](c3ccccc3)C2)c1. The van der Waals surface area contributed by atoms with E-state index in [1.165, 1.54) is 5.56 Å². The number of hydrogen-bond acceptors (Lipinski definition) is 3. The first-order valence-electron chi connectivity index (χ1n) is 8.87. The molecule has 0 spiro atoms. The van der Waals surface area contributed by atoms with Crippen LogP contribution in [0.4, 0.5) is 0 Å². The summed E-state index contributed by atoms with van der Waals surface area (Å²) < 4.78 is 5.74. The van der Waals surface area contributed by atoms with Gasteiger partial charge in [-0.3, -0.25) is 4.79 Å². The minimum absolute atomic E-state index is 0.0175. The van der Waals surface area contributed by atoms with Gasteiger partial charge in [0.25, 0.3) is 5.91 Å². The highest BCUT2D eigenvalue weighted by atomic mass is 16.5. The molecule has 1 saturated heterocycles. The summed E-state index contributed by atoms with van der Waals surface area (Å²) in [5.41, 5.74) is 8.16. The summed E-state index contributed by atoms with van der Waals surface area (Å²) in [5.74, 6) is 1.39. The Hall–Kier alpha value is -2.33. The largest absolute Gasteiger partial charge is 0.493 e. The summed E-state index contributed by atoms with van der Waals surface area (Å²) in [7, 11) is 0. The zero-order valence-corrected chi connectivity index (χ0v) is 14.9. The predicted octanol–water partition coefficient (Wildman–Crippen LogP) is 3.29. The van der Waals surface area contributed by atoms with Crippen LogP contribution >= 0.6 is 0 Å². The molecule has 1 fully saturated rings. The van der Waals surface area contributed by atoms with Crippen molar-refractivity contribution < 1.29 is 9.53 Å². The lowest BCUT2D eigenvalue weighted by Gasteiger charge is -2.17. The van der Waals surface area contributed by atoms with E-state index >= 15 is 0 Å². The number of likely N-dealkylation sites (tertiary alicyclic amines) is 1. The molecule has 0 unspecified atom stereocenters. The van der Waals surface area contributed by atoms with Gasteiger partial charge in [-0.15, -0.1) is 0 Å². The third kappa shape index (κ3) is 4.20. The Kier molecular flexibility index (Phi) is 5.39. The van der Waals surface area contributed by atoms with Crippen LogP contribution in [0.15, 0.2) is 54.6 Å². The van der Waals surface area contributed by atoms with Crippen LogP contribution in [0.25, 0.3) is 0 Å². The van der Waals surface area contributed by atoms with Crippen molar-refractivity contribution >= 4 is 5.91 Å². The van der Waals surface area contributed by atoms with Gasteiger partial charge >= 0.3 is 0 Å². The minimum Gasteiger partial charge on any atom is -0.493 e. The molecule has 1 heterocycles. The highest BCUT2D eigenvalue weighted by Crippen LogP contribution is 2.28. The lowest BCUT2D eigenvalue weighted by Crippen LogP contribution is -2.32. The lowest BCUT2D eigenvalue weighted by atomic mass is 9.95. The minimum atomic E-state index is -0.0354. The van der Waals surface area contributed by atoms with E-state index in [9.17, 15) is 4.79 Å². The first-order chi connectivity index (χ1) is 12.0. The zero-order chi connectivity index (χ0) is 17.8. The predicted molar refractivity (Wildman–Crippen MR) is 99.8 cm³/mol. The summed E-state index contributed by atoms with van der Waals surface area (Å²) in [5, 5.41) is 0. The standard InChI is InChI=1S/C21H26N2O2/c1-15(2)14-25-18-10-6-9-17(11-18)21(24)23-12-19(20(22)13-23)16-7-4-3-5-8-16/h3-11,15,19-20H,12-14,22H2,1-2H3/t19-,20+/m0/s1. The molecule has 1 aliphatic rings. The van der Waals surface area contributed by atoms with Crippen molar-refractivity contribution in [3.8, 4) is 5.75 Å². The van der Waals surface area contributed by atoms with Crippen molar-refractivity contribution in [2.24, 2.45) is 11.7 Å². The van der Waals surface area contributed by atoms with Gasteiger partial charge in [0.1, 0.15) is 5.75 Å². The number of ether oxygens (including phenoxy) is 1. The van der Waals surface area contributed by atoms with Gasteiger partial charge in [0.15, 0.2) is 0 Å². The van der Waals surface area contributed by atoms with Crippen molar-refractivity contribution in [2.75, 3.05) is 19.7 Å². The summed E-state index contributed by atoms with van der Waals surface area (Å²) >= 11 is 0. The average molecular weight is 338 g/mol. The first kappa shape index (κ1) is 17.5. The van der Waals surface area contributed by atoms with Crippen LogP contribution in [0.3, 0.4) is 0 Å². The Labute approximate surface area is 149 Å². The monoisotopic (exact) mass is 338 g/mol. The maximum absolute atomic E-state index is 12.9. The van der Waals surface area contributed by atoms with Crippen LogP contribution < -0.4 is 10.5 Å². The van der Waals surface area contributed by atoms with E-state index in [0.717, 1.165) is 5.75 Å².